The molecule has 1 aliphatic carbocycles. The first-order valence-corrected chi connectivity index (χ1v) is 16.3. The Balaban J connectivity index is 1.23. The van der Waals surface area contributed by atoms with Gasteiger partial charge in [0.2, 0.25) is 11.9 Å². The van der Waals surface area contributed by atoms with Crippen LogP contribution >= 0.6 is 0 Å². The molecule has 2 amide bonds. The van der Waals surface area contributed by atoms with Gasteiger partial charge in [0.15, 0.2) is 5.82 Å². The molecule has 0 bridgehead atoms. The summed E-state index contributed by atoms with van der Waals surface area (Å²) in [5, 5.41) is 6.43. The number of nitrogens with one attached hydrogen (secondary N) is 2. The number of carbonyl (C=O) groups is 3. The van der Waals surface area contributed by atoms with Gasteiger partial charge < -0.3 is 40.5 Å². The van der Waals surface area contributed by atoms with E-state index in [1.807, 2.05) is 6.92 Å². The predicted molar refractivity (Wildman–Crippen MR) is 177 cm³/mol. The number of esters is 1. The zero-order valence-electron chi connectivity index (χ0n) is 27.7. The molecule has 1 aromatic carbocycles. The second-order valence-electron chi connectivity index (χ2n) is 12.9. The fraction of sp³-hybridized carbons (Fsp3) is 0.606. The van der Waals surface area contributed by atoms with Gasteiger partial charge in [-0.2, -0.15) is 4.98 Å². The van der Waals surface area contributed by atoms with Crippen molar-refractivity contribution in [1.82, 2.24) is 20.2 Å². The summed E-state index contributed by atoms with van der Waals surface area (Å²) in [5.74, 6) is 1.14. The predicted octanol–water partition coefficient (Wildman–Crippen LogP) is 3.21. The molecule has 3 heterocycles. The molecule has 2 aromatic rings. The number of fused-ring (bicyclic) bond motifs is 1. The van der Waals surface area contributed by atoms with Crippen molar-refractivity contribution in [2.24, 2.45) is 5.73 Å². The van der Waals surface area contributed by atoms with Crippen molar-refractivity contribution in [3.05, 3.63) is 30.0 Å². The quantitative estimate of drug-likeness (QED) is 0.312. The number of rotatable bonds is 11. The smallest absolute Gasteiger partial charge is 0.325 e. The maximum Gasteiger partial charge on any atom is 0.325 e. The van der Waals surface area contributed by atoms with Gasteiger partial charge in [0.05, 0.1) is 26.1 Å². The van der Waals surface area contributed by atoms with Crippen LogP contribution in [0.4, 0.5) is 23.1 Å². The van der Waals surface area contributed by atoms with E-state index in [-0.39, 0.29) is 29.9 Å². The van der Waals surface area contributed by atoms with Gasteiger partial charge in [-0.1, -0.05) is 19.8 Å². The van der Waals surface area contributed by atoms with E-state index in [2.05, 4.69) is 25.4 Å². The second kappa shape index (κ2) is 14.2. The number of likely N-dealkylation sites (tertiary alicyclic amines) is 1. The fourth-order valence-corrected chi connectivity index (χ4v) is 6.79. The summed E-state index contributed by atoms with van der Waals surface area (Å²) in [6.45, 7) is 6.03. The summed E-state index contributed by atoms with van der Waals surface area (Å²) in [4.78, 5) is 53.9. The van der Waals surface area contributed by atoms with Gasteiger partial charge in [-0.05, 0) is 63.6 Å². The minimum absolute atomic E-state index is 0.0427. The lowest BCUT2D eigenvalue weighted by Gasteiger charge is -2.43. The molecule has 250 valence electrons. The molecule has 3 aliphatic rings. The Kier molecular flexibility index (Phi) is 10.3. The number of likely N-dealkylation sites (N-methyl/N-ethyl adjacent to an activating group) is 1. The van der Waals surface area contributed by atoms with E-state index in [9.17, 15) is 14.4 Å². The standard InChI is InChI=1S/C33H48N8O5/c1-6-25-30(43)39(3)26-20-35-32(38-28(26)41(25)23-9-7-8-10-23)37-24-12-11-21(19-27(24)45-4)29(42)36-22-13-16-40(17-14-22)18-15-33(2,34)31(44)46-5/h11-12,19-20,22-23,25H,6-10,13-18,34H2,1-5H3,(H,36,42)(H,35,37,38)/t25-,33?/m1/s1. The number of methoxy groups -OCH3 is 2. The van der Waals surface area contributed by atoms with Crippen molar-refractivity contribution in [3.8, 4) is 5.75 Å². The van der Waals surface area contributed by atoms with Crippen molar-refractivity contribution < 1.29 is 23.9 Å². The Bertz CT molecular complexity index is 1420. The third-order valence-electron chi connectivity index (χ3n) is 9.64. The maximum atomic E-state index is 13.2. The number of nitrogens with zero attached hydrogens (tertiary/aromatic N) is 5. The SMILES string of the molecule is CC[C@@H]1C(=O)N(C)c2cnc(Nc3ccc(C(=O)NC4CCN(CCC(C)(N)C(=O)OC)CC4)cc3OC)nc2N1C1CCCC1. The molecule has 5 rings (SSSR count). The van der Waals surface area contributed by atoms with Gasteiger partial charge in [-0.3, -0.25) is 14.4 Å². The number of ether oxygens (including phenoxy) is 2. The van der Waals surface area contributed by atoms with E-state index in [4.69, 9.17) is 20.2 Å². The number of anilines is 4. The average molecular weight is 637 g/mol. The van der Waals surface area contributed by atoms with E-state index in [0.29, 0.717) is 48.0 Å². The first-order valence-electron chi connectivity index (χ1n) is 16.3. The van der Waals surface area contributed by atoms with Crippen molar-refractivity contribution in [2.45, 2.75) is 88.9 Å². The van der Waals surface area contributed by atoms with Crippen LogP contribution in [-0.2, 0) is 14.3 Å². The molecule has 0 spiro atoms. The minimum atomic E-state index is -1.02. The van der Waals surface area contributed by atoms with Gasteiger partial charge in [-0.15, -0.1) is 0 Å². The lowest BCUT2D eigenvalue weighted by molar-refractivity contribution is -0.146. The monoisotopic (exact) mass is 636 g/mol. The van der Waals surface area contributed by atoms with E-state index >= 15 is 0 Å². The molecule has 1 aromatic heterocycles. The van der Waals surface area contributed by atoms with Crippen molar-refractivity contribution in [2.75, 3.05) is 56.0 Å². The largest absolute Gasteiger partial charge is 0.495 e. The average Bonchev–Trinajstić information content (AvgIpc) is 3.60. The lowest BCUT2D eigenvalue weighted by atomic mass is 9.97. The number of hydrogen-bond donors (Lipinski definition) is 3. The van der Waals surface area contributed by atoms with Crippen LogP contribution in [0.2, 0.25) is 0 Å². The number of carbonyl (C=O) groups excluding carboxylic acids is 3. The van der Waals surface area contributed by atoms with Crippen LogP contribution < -0.4 is 30.9 Å². The van der Waals surface area contributed by atoms with Crippen LogP contribution in [0.15, 0.2) is 24.4 Å². The third-order valence-corrected chi connectivity index (χ3v) is 9.64. The molecular weight excluding hydrogens is 588 g/mol. The molecule has 46 heavy (non-hydrogen) atoms. The molecule has 2 aliphatic heterocycles. The second-order valence-corrected chi connectivity index (χ2v) is 12.9. The number of nitrogens with two attached hydrogens (primary N) is 1. The van der Waals surface area contributed by atoms with Crippen molar-refractivity contribution in [3.63, 3.8) is 0 Å². The van der Waals surface area contributed by atoms with Gasteiger partial charge >= 0.3 is 5.97 Å². The topological polar surface area (TPSA) is 155 Å². The van der Waals surface area contributed by atoms with Gasteiger partial charge in [-0.25, -0.2) is 4.98 Å². The highest BCUT2D eigenvalue weighted by molar-refractivity contribution is 6.04. The molecule has 4 N–H and O–H groups in total. The Labute approximate surface area is 271 Å². The van der Waals surface area contributed by atoms with Crippen LogP contribution in [-0.4, -0.2) is 97.2 Å². The van der Waals surface area contributed by atoms with E-state index in [1.54, 1.807) is 50.4 Å². The molecule has 2 fully saturated rings. The van der Waals surface area contributed by atoms with Gasteiger partial charge in [0.25, 0.3) is 5.91 Å². The summed E-state index contributed by atoms with van der Waals surface area (Å²) < 4.78 is 10.5. The Hall–Kier alpha value is -3.97. The third kappa shape index (κ3) is 7.05. The summed E-state index contributed by atoms with van der Waals surface area (Å²) in [6.07, 6.45) is 8.89. The van der Waals surface area contributed by atoms with Gasteiger partial charge in [0, 0.05) is 44.3 Å². The number of aromatic nitrogens is 2. The first-order chi connectivity index (χ1) is 22.1. The molecule has 0 radical (unpaired) electrons. The number of piperidine rings is 1. The number of benzene rings is 1. The number of amides is 2. The van der Waals surface area contributed by atoms with Crippen LogP contribution in [0.3, 0.4) is 0 Å². The molecule has 1 unspecified atom stereocenters. The maximum absolute atomic E-state index is 13.2. The van der Waals surface area contributed by atoms with Crippen LogP contribution in [0.1, 0.15) is 75.6 Å². The molecule has 13 nitrogen and oxygen atoms in total. The Morgan fingerprint density at radius 3 is 2.50 bits per heavy atom. The molecule has 2 atom stereocenters. The Morgan fingerprint density at radius 1 is 1.13 bits per heavy atom. The van der Waals surface area contributed by atoms with Crippen LogP contribution in [0.25, 0.3) is 0 Å². The summed E-state index contributed by atoms with van der Waals surface area (Å²) in [6, 6.07) is 5.33. The fourth-order valence-electron chi connectivity index (χ4n) is 6.79. The normalized spacial score (nSPS) is 20.7. The summed E-state index contributed by atoms with van der Waals surface area (Å²) >= 11 is 0. The number of hydrogen-bond acceptors (Lipinski definition) is 11. The van der Waals surface area contributed by atoms with E-state index in [1.165, 1.54) is 7.11 Å². The van der Waals surface area contributed by atoms with Crippen molar-refractivity contribution in [1.29, 1.82) is 0 Å². The van der Waals surface area contributed by atoms with Crippen LogP contribution in [0.5, 0.6) is 5.75 Å². The zero-order valence-corrected chi connectivity index (χ0v) is 27.7. The summed E-state index contributed by atoms with van der Waals surface area (Å²) in [7, 11) is 4.69. The first kappa shape index (κ1) is 33.4. The zero-order chi connectivity index (χ0) is 33.0. The Morgan fingerprint density at radius 2 is 1.85 bits per heavy atom. The van der Waals surface area contributed by atoms with Crippen molar-refractivity contribution >= 4 is 40.9 Å². The molecular formula is C33H48N8O5. The van der Waals surface area contributed by atoms with Gasteiger partial charge in [0.1, 0.15) is 23.0 Å². The molecule has 13 heteroatoms. The highest BCUT2D eigenvalue weighted by Gasteiger charge is 2.41. The van der Waals surface area contributed by atoms with Crippen LogP contribution in [0, 0.1) is 0 Å². The summed E-state index contributed by atoms with van der Waals surface area (Å²) in [5.41, 5.74) is 6.91. The highest BCUT2D eigenvalue weighted by atomic mass is 16.5. The lowest BCUT2D eigenvalue weighted by Crippen LogP contribution is -2.55. The van der Waals surface area contributed by atoms with E-state index < -0.39 is 11.5 Å². The highest BCUT2D eigenvalue weighted by Crippen LogP contribution is 2.40. The van der Waals surface area contributed by atoms with E-state index in [0.717, 1.165) is 57.4 Å². The minimum Gasteiger partial charge on any atom is -0.495 e. The molecule has 1 saturated carbocycles. The molecule has 1 saturated heterocycles.